The fourth-order valence-electron chi connectivity index (χ4n) is 2.58. The number of nitrogens with zero attached hydrogens (tertiary/aromatic N) is 3. The van der Waals surface area contributed by atoms with Crippen LogP contribution in [0.5, 0.6) is 5.75 Å². The van der Waals surface area contributed by atoms with Crippen molar-refractivity contribution in [1.82, 2.24) is 20.3 Å². The van der Waals surface area contributed by atoms with Gasteiger partial charge in [-0.1, -0.05) is 6.07 Å². The lowest BCUT2D eigenvalue weighted by atomic mass is 10.1. The summed E-state index contributed by atoms with van der Waals surface area (Å²) in [7, 11) is 0. The van der Waals surface area contributed by atoms with Crippen LogP contribution in [0.25, 0.3) is 10.9 Å². The molecule has 2 amide bonds. The van der Waals surface area contributed by atoms with Gasteiger partial charge >= 0.3 is 6.09 Å². The van der Waals surface area contributed by atoms with E-state index in [9.17, 15) is 9.59 Å². The van der Waals surface area contributed by atoms with Crippen molar-refractivity contribution in [3.63, 3.8) is 0 Å². The number of carbonyl (C=O) groups is 2. The molecule has 3 aromatic rings. The molecule has 0 fully saturated rings. The number of fused-ring (bicyclic) bond motifs is 1. The van der Waals surface area contributed by atoms with Crippen LogP contribution in [0.4, 0.5) is 10.5 Å². The van der Waals surface area contributed by atoms with E-state index in [2.05, 4.69) is 25.6 Å². The van der Waals surface area contributed by atoms with Gasteiger partial charge in [-0.05, 0) is 32.9 Å². The third kappa shape index (κ3) is 5.87. The molecule has 0 saturated carbocycles. The van der Waals surface area contributed by atoms with E-state index in [1.807, 2.05) is 12.1 Å². The van der Waals surface area contributed by atoms with Gasteiger partial charge in [0.05, 0.1) is 23.9 Å². The number of hydrogen-bond acceptors (Lipinski definition) is 7. The summed E-state index contributed by atoms with van der Waals surface area (Å²) in [6, 6.07) is 7.15. The summed E-state index contributed by atoms with van der Waals surface area (Å²) in [6.07, 6.45) is 5.46. The first-order valence-electron chi connectivity index (χ1n) is 9.37. The van der Waals surface area contributed by atoms with Crippen molar-refractivity contribution < 1.29 is 19.1 Å². The van der Waals surface area contributed by atoms with Crippen molar-refractivity contribution in [1.29, 1.82) is 0 Å². The highest BCUT2D eigenvalue weighted by Crippen LogP contribution is 2.28. The normalized spacial score (nSPS) is 11.0. The van der Waals surface area contributed by atoms with Crippen LogP contribution in [0.15, 0.2) is 49.1 Å². The summed E-state index contributed by atoms with van der Waals surface area (Å²) >= 11 is 0. The summed E-state index contributed by atoms with van der Waals surface area (Å²) in [4.78, 5) is 36.4. The van der Waals surface area contributed by atoms with E-state index < -0.39 is 17.6 Å². The molecule has 2 N–H and O–H groups in total. The van der Waals surface area contributed by atoms with Gasteiger partial charge in [-0.25, -0.2) is 9.78 Å². The molecule has 2 aromatic heterocycles. The van der Waals surface area contributed by atoms with Crippen LogP contribution in [0.3, 0.4) is 0 Å². The fourth-order valence-corrected chi connectivity index (χ4v) is 2.58. The average Bonchev–Trinajstić information content (AvgIpc) is 2.70. The molecule has 0 atom stereocenters. The third-order valence-electron chi connectivity index (χ3n) is 3.76. The van der Waals surface area contributed by atoms with Crippen molar-refractivity contribution in [2.75, 3.05) is 18.5 Å². The highest BCUT2D eigenvalue weighted by atomic mass is 16.6. The zero-order chi connectivity index (χ0) is 21.6. The van der Waals surface area contributed by atoms with E-state index in [0.29, 0.717) is 17.0 Å². The standard InChI is InChI=1S/C21H23N5O4/c1-21(2,3)30-20(28)25-9-10-29-15-11-14-5-4-6-24-18(14)16(12-15)26-19(27)17-13-22-7-8-23-17/h4-8,11-13H,9-10H2,1-3H3,(H,25,28)(H,26,27). The van der Waals surface area contributed by atoms with Crippen LogP contribution in [-0.4, -0.2) is 45.7 Å². The minimum absolute atomic E-state index is 0.189. The number of rotatable bonds is 6. The lowest BCUT2D eigenvalue weighted by Crippen LogP contribution is -2.34. The predicted molar refractivity (Wildman–Crippen MR) is 111 cm³/mol. The number of pyridine rings is 1. The quantitative estimate of drug-likeness (QED) is 0.601. The number of amides is 2. The van der Waals surface area contributed by atoms with E-state index in [1.54, 1.807) is 39.1 Å². The van der Waals surface area contributed by atoms with Crippen LogP contribution in [0.1, 0.15) is 31.3 Å². The zero-order valence-electron chi connectivity index (χ0n) is 17.0. The number of anilines is 1. The van der Waals surface area contributed by atoms with Crippen molar-refractivity contribution >= 4 is 28.6 Å². The van der Waals surface area contributed by atoms with Gasteiger partial charge in [0, 0.05) is 30.0 Å². The van der Waals surface area contributed by atoms with Gasteiger partial charge in [-0.15, -0.1) is 0 Å². The smallest absolute Gasteiger partial charge is 0.407 e. The summed E-state index contributed by atoms with van der Waals surface area (Å²) in [6.45, 7) is 5.87. The topological polar surface area (TPSA) is 115 Å². The number of alkyl carbamates (subject to hydrolysis) is 1. The predicted octanol–water partition coefficient (Wildman–Crippen LogP) is 3.18. The van der Waals surface area contributed by atoms with E-state index >= 15 is 0 Å². The molecule has 9 heteroatoms. The summed E-state index contributed by atoms with van der Waals surface area (Å²) in [5.41, 5.74) is 0.731. The van der Waals surface area contributed by atoms with E-state index in [1.165, 1.54) is 18.6 Å². The summed E-state index contributed by atoms with van der Waals surface area (Å²) < 4.78 is 10.9. The maximum atomic E-state index is 12.5. The molecule has 9 nitrogen and oxygen atoms in total. The van der Waals surface area contributed by atoms with E-state index in [-0.39, 0.29) is 18.8 Å². The highest BCUT2D eigenvalue weighted by molar-refractivity contribution is 6.07. The Bertz CT molecular complexity index is 1030. The molecule has 3 rings (SSSR count). The second-order valence-electron chi connectivity index (χ2n) is 7.37. The maximum absolute atomic E-state index is 12.5. The second kappa shape index (κ2) is 9.17. The van der Waals surface area contributed by atoms with Crippen LogP contribution >= 0.6 is 0 Å². The van der Waals surface area contributed by atoms with Crippen LogP contribution in [0, 0.1) is 0 Å². The highest BCUT2D eigenvalue weighted by Gasteiger charge is 2.16. The zero-order valence-corrected chi connectivity index (χ0v) is 17.0. The molecule has 30 heavy (non-hydrogen) atoms. The second-order valence-corrected chi connectivity index (χ2v) is 7.37. The van der Waals surface area contributed by atoms with Crippen molar-refractivity contribution in [3.05, 3.63) is 54.7 Å². The molecule has 0 aliphatic heterocycles. The SMILES string of the molecule is CC(C)(C)OC(=O)NCCOc1cc(NC(=O)c2cnccn2)c2ncccc2c1. The molecule has 0 unspecified atom stereocenters. The number of aromatic nitrogens is 3. The van der Waals surface area contributed by atoms with Gasteiger partial charge in [-0.3, -0.25) is 14.8 Å². The Morgan fingerprint density at radius 3 is 2.67 bits per heavy atom. The Hall–Kier alpha value is -3.75. The molecular weight excluding hydrogens is 386 g/mol. The Balaban J connectivity index is 1.69. The Morgan fingerprint density at radius 1 is 1.10 bits per heavy atom. The van der Waals surface area contributed by atoms with Gasteiger partial charge < -0.3 is 20.1 Å². The summed E-state index contributed by atoms with van der Waals surface area (Å²) in [5.74, 6) is 0.120. The van der Waals surface area contributed by atoms with Gasteiger partial charge in [0.2, 0.25) is 0 Å². The van der Waals surface area contributed by atoms with Crippen molar-refractivity contribution in [2.24, 2.45) is 0 Å². The number of nitrogens with one attached hydrogen (secondary N) is 2. The van der Waals surface area contributed by atoms with E-state index in [0.717, 1.165) is 5.39 Å². The molecular formula is C21H23N5O4. The van der Waals surface area contributed by atoms with Crippen LogP contribution in [-0.2, 0) is 4.74 Å². The molecule has 0 aliphatic carbocycles. The van der Waals surface area contributed by atoms with Gasteiger partial charge in [0.25, 0.3) is 5.91 Å². The van der Waals surface area contributed by atoms with Crippen molar-refractivity contribution in [3.8, 4) is 5.75 Å². The number of benzene rings is 1. The molecule has 0 bridgehead atoms. The first-order chi connectivity index (χ1) is 14.3. The lowest BCUT2D eigenvalue weighted by Gasteiger charge is -2.19. The van der Waals surface area contributed by atoms with Crippen LogP contribution in [0.2, 0.25) is 0 Å². The molecule has 0 spiro atoms. The number of carbonyl (C=O) groups excluding carboxylic acids is 2. The molecule has 0 radical (unpaired) electrons. The molecule has 156 valence electrons. The minimum atomic E-state index is -0.563. The Morgan fingerprint density at radius 2 is 1.93 bits per heavy atom. The van der Waals surface area contributed by atoms with Gasteiger partial charge in [-0.2, -0.15) is 0 Å². The third-order valence-corrected chi connectivity index (χ3v) is 3.76. The Kier molecular flexibility index (Phi) is 6.41. The molecule has 0 saturated heterocycles. The monoisotopic (exact) mass is 409 g/mol. The van der Waals surface area contributed by atoms with Gasteiger partial charge in [0.1, 0.15) is 23.7 Å². The summed E-state index contributed by atoms with van der Waals surface area (Å²) in [5, 5.41) is 6.23. The maximum Gasteiger partial charge on any atom is 0.407 e. The first-order valence-corrected chi connectivity index (χ1v) is 9.37. The van der Waals surface area contributed by atoms with Crippen LogP contribution < -0.4 is 15.4 Å². The van der Waals surface area contributed by atoms with Crippen molar-refractivity contribution in [2.45, 2.75) is 26.4 Å². The minimum Gasteiger partial charge on any atom is -0.492 e. The molecule has 0 aliphatic rings. The molecule has 1 aromatic carbocycles. The van der Waals surface area contributed by atoms with Gasteiger partial charge in [0.15, 0.2) is 0 Å². The number of ether oxygens (including phenoxy) is 2. The molecule has 2 heterocycles. The Labute approximate surface area is 173 Å². The van der Waals surface area contributed by atoms with E-state index in [4.69, 9.17) is 9.47 Å². The first kappa shape index (κ1) is 21.0. The largest absolute Gasteiger partial charge is 0.492 e. The number of hydrogen-bond donors (Lipinski definition) is 2. The lowest BCUT2D eigenvalue weighted by molar-refractivity contribution is 0.0520. The average molecular weight is 409 g/mol. The fraction of sp³-hybridized carbons (Fsp3) is 0.286.